The molecule has 1 aromatic rings. The van der Waals surface area contributed by atoms with Crippen molar-refractivity contribution in [1.82, 2.24) is 14.8 Å². The minimum atomic E-state index is 0.420. The van der Waals surface area contributed by atoms with E-state index >= 15 is 0 Å². The smallest absolute Gasteiger partial charge is 0.212 e. The molecule has 0 saturated carbocycles. The molecular weight excluding hydrogens is 264 g/mol. The Morgan fingerprint density at radius 3 is 2.71 bits per heavy atom. The molecule has 2 fully saturated rings. The number of methoxy groups -OCH3 is 1. The minimum absolute atomic E-state index is 0.420. The van der Waals surface area contributed by atoms with Gasteiger partial charge in [0.05, 0.1) is 7.11 Å². The first-order valence-electron chi connectivity index (χ1n) is 7.95. The molecule has 1 unspecified atom stereocenters. The van der Waals surface area contributed by atoms with E-state index in [0.717, 1.165) is 19.4 Å². The van der Waals surface area contributed by atoms with Gasteiger partial charge in [-0.05, 0) is 37.9 Å². The molecule has 5 heteroatoms. The monoisotopic (exact) mass is 290 g/mol. The van der Waals surface area contributed by atoms with Crippen LogP contribution in [0.3, 0.4) is 0 Å². The Bertz CT molecular complexity index is 442. The average Bonchev–Trinajstić information content (AvgIpc) is 2.97. The van der Waals surface area contributed by atoms with Crippen LogP contribution in [0.5, 0.6) is 5.88 Å². The van der Waals surface area contributed by atoms with Crippen LogP contribution in [0.15, 0.2) is 18.3 Å². The Balaban J connectivity index is 1.50. The number of nitrogens with two attached hydrogens (primary N) is 1. The molecule has 0 spiro atoms. The molecule has 2 aliphatic rings. The zero-order valence-corrected chi connectivity index (χ0v) is 12.9. The summed E-state index contributed by atoms with van der Waals surface area (Å²) in [5.74, 6) is 0.683. The zero-order valence-electron chi connectivity index (χ0n) is 12.9. The van der Waals surface area contributed by atoms with E-state index in [1.807, 2.05) is 12.3 Å². The molecule has 0 radical (unpaired) electrons. The van der Waals surface area contributed by atoms with Crippen molar-refractivity contribution in [2.24, 2.45) is 5.73 Å². The van der Waals surface area contributed by atoms with Crippen LogP contribution < -0.4 is 10.5 Å². The number of likely N-dealkylation sites (tertiary alicyclic amines) is 2. The van der Waals surface area contributed by atoms with E-state index in [1.54, 1.807) is 7.11 Å². The normalized spacial score (nSPS) is 25.3. The van der Waals surface area contributed by atoms with E-state index in [2.05, 4.69) is 20.9 Å². The maximum Gasteiger partial charge on any atom is 0.212 e. The Morgan fingerprint density at radius 2 is 2.05 bits per heavy atom. The van der Waals surface area contributed by atoms with E-state index in [0.29, 0.717) is 18.0 Å². The van der Waals surface area contributed by atoms with Crippen LogP contribution >= 0.6 is 0 Å². The fourth-order valence-corrected chi connectivity index (χ4v) is 3.42. The maximum atomic E-state index is 5.99. The molecule has 0 aromatic carbocycles. The molecule has 1 aromatic heterocycles. The van der Waals surface area contributed by atoms with Crippen molar-refractivity contribution in [3.63, 3.8) is 0 Å². The molecular formula is C16H26N4O. The van der Waals surface area contributed by atoms with Gasteiger partial charge in [0.25, 0.3) is 0 Å². The van der Waals surface area contributed by atoms with Crippen molar-refractivity contribution >= 4 is 0 Å². The van der Waals surface area contributed by atoms with Crippen LogP contribution in [0.4, 0.5) is 0 Å². The summed E-state index contributed by atoms with van der Waals surface area (Å²) < 4.78 is 5.10. The summed E-state index contributed by atoms with van der Waals surface area (Å²) in [5.41, 5.74) is 7.26. The Hall–Kier alpha value is -1.17. The molecule has 2 aliphatic heterocycles. The fourth-order valence-electron chi connectivity index (χ4n) is 3.42. The molecule has 5 nitrogen and oxygen atoms in total. The number of aromatic nitrogens is 1. The highest BCUT2D eigenvalue weighted by Gasteiger charge is 2.29. The van der Waals surface area contributed by atoms with E-state index in [4.69, 9.17) is 10.5 Å². The number of nitrogens with zero attached hydrogens (tertiary/aromatic N) is 3. The van der Waals surface area contributed by atoms with Gasteiger partial charge in [-0.15, -0.1) is 0 Å². The molecule has 0 bridgehead atoms. The summed E-state index contributed by atoms with van der Waals surface area (Å²) in [6, 6.07) is 5.18. The van der Waals surface area contributed by atoms with Crippen LogP contribution in [0.2, 0.25) is 0 Å². The zero-order chi connectivity index (χ0) is 14.7. The standard InChI is InChI=1S/C16H26N4O/c1-21-16-3-2-13(10-18-16)11-19-7-6-15(12-19)20-8-4-14(17)5-9-20/h2-3,10,14-15H,4-9,11-12,17H2,1H3. The lowest BCUT2D eigenvalue weighted by molar-refractivity contribution is 0.151. The predicted molar refractivity (Wildman–Crippen MR) is 83.3 cm³/mol. The number of hydrogen-bond donors (Lipinski definition) is 1. The van der Waals surface area contributed by atoms with Crippen LogP contribution in [-0.4, -0.2) is 60.2 Å². The Morgan fingerprint density at radius 1 is 1.24 bits per heavy atom. The van der Waals surface area contributed by atoms with Gasteiger partial charge < -0.3 is 10.5 Å². The van der Waals surface area contributed by atoms with Crippen LogP contribution in [-0.2, 0) is 6.54 Å². The number of hydrogen-bond acceptors (Lipinski definition) is 5. The third-order valence-electron chi connectivity index (χ3n) is 4.75. The van der Waals surface area contributed by atoms with Crippen molar-refractivity contribution in [1.29, 1.82) is 0 Å². The minimum Gasteiger partial charge on any atom is -0.481 e. The third-order valence-corrected chi connectivity index (χ3v) is 4.75. The van der Waals surface area contributed by atoms with Crippen molar-refractivity contribution in [3.05, 3.63) is 23.9 Å². The quantitative estimate of drug-likeness (QED) is 0.899. The highest BCUT2D eigenvalue weighted by atomic mass is 16.5. The first kappa shape index (κ1) is 14.8. The first-order valence-corrected chi connectivity index (χ1v) is 7.95. The predicted octanol–water partition coefficient (Wildman–Crippen LogP) is 1.09. The second-order valence-corrected chi connectivity index (χ2v) is 6.26. The van der Waals surface area contributed by atoms with Gasteiger partial charge in [0.15, 0.2) is 0 Å². The van der Waals surface area contributed by atoms with Crippen molar-refractivity contribution in [2.45, 2.75) is 37.9 Å². The van der Waals surface area contributed by atoms with Gasteiger partial charge in [0.2, 0.25) is 5.88 Å². The van der Waals surface area contributed by atoms with Gasteiger partial charge in [-0.3, -0.25) is 9.80 Å². The summed E-state index contributed by atoms with van der Waals surface area (Å²) >= 11 is 0. The van der Waals surface area contributed by atoms with Crippen LogP contribution in [0.25, 0.3) is 0 Å². The van der Waals surface area contributed by atoms with E-state index < -0.39 is 0 Å². The van der Waals surface area contributed by atoms with Gasteiger partial charge in [-0.25, -0.2) is 4.98 Å². The van der Waals surface area contributed by atoms with E-state index in [9.17, 15) is 0 Å². The lowest BCUT2D eigenvalue weighted by Crippen LogP contribution is -2.46. The topological polar surface area (TPSA) is 54.6 Å². The highest BCUT2D eigenvalue weighted by molar-refractivity contribution is 5.17. The summed E-state index contributed by atoms with van der Waals surface area (Å²) in [6.45, 7) is 5.68. The summed E-state index contributed by atoms with van der Waals surface area (Å²) in [6.07, 6.45) is 5.50. The van der Waals surface area contributed by atoms with E-state index in [1.165, 1.54) is 38.2 Å². The largest absolute Gasteiger partial charge is 0.481 e. The van der Waals surface area contributed by atoms with Gasteiger partial charge in [0, 0.05) is 44.0 Å². The fraction of sp³-hybridized carbons (Fsp3) is 0.688. The average molecular weight is 290 g/mol. The second kappa shape index (κ2) is 6.73. The summed E-state index contributed by atoms with van der Waals surface area (Å²) in [5, 5.41) is 0. The third kappa shape index (κ3) is 3.73. The van der Waals surface area contributed by atoms with Crippen LogP contribution in [0, 0.1) is 0 Å². The highest BCUT2D eigenvalue weighted by Crippen LogP contribution is 2.21. The Labute approximate surface area is 127 Å². The van der Waals surface area contributed by atoms with Gasteiger partial charge in [-0.2, -0.15) is 0 Å². The second-order valence-electron chi connectivity index (χ2n) is 6.26. The molecule has 1 atom stereocenters. The molecule has 3 rings (SSSR count). The molecule has 0 aliphatic carbocycles. The molecule has 21 heavy (non-hydrogen) atoms. The van der Waals surface area contributed by atoms with Crippen molar-refractivity contribution in [3.8, 4) is 5.88 Å². The van der Waals surface area contributed by atoms with Gasteiger partial charge >= 0.3 is 0 Å². The lowest BCUT2D eigenvalue weighted by atomic mass is 10.0. The molecule has 116 valence electrons. The SMILES string of the molecule is COc1ccc(CN2CCC(N3CCC(N)CC3)C2)cn1. The number of ether oxygens (including phenoxy) is 1. The number of rotatable bonds is 4. The first-order chi connectivity index (χ1) is 10.2. The van der Waals surface area contributed by atoms with E-state index in [-0.39, 0.29) is 0 Å². The van der Waals surface area contributed by atoms with Crippen molar-refractivity contribution < 1.29 is 4.74 Å². The summed E-state index contributed by atoms with van der Waals surface area (Å²) in [4.78, 5) is 9.45. The molecule has 0 amide bonds. The lowest BCUT2D eigenvalue weighted by Gasteiger charge is -2.34. The Kier molecular flexibility index (Phi) is 4.73. The maximum absolute atomic E-state index is 5.99. The molecule has 2 saturated heterocycles. The molecule has 3 heterocycles. The number of piperidine rings is 1. The van der Waals surface area contributed by atoms with Gasteiger partial charge in [0.1, 0.15) is 0 Å². The van der Waals surface area contributed by atoms with Crippen LogP contribution in [0.1, 0.15) is 24.8 Å². The van der Waals surface area contributed by atoms with Crippen molar-refractivity contribution in [2.75, 3.05) is 33.3 Å². The van der Waals surface area contributed by atoms with Gasteiger partial charge in [-0.1, -0.05) is 6.07 Å². The molecule has 2 N–H and O–H groups in total. The number of pyridine rings is 1. The summed E-state index contributed by atoms with van der Waals surface area (Å²) in [7, 11) is 1.65.